The number of aromatic nitrogens is 5. The Labute approximate surface area is 171 Å². The van der Waals surface area contributed by atoms with Crippen LogP contribution in [0.5, 0.6) is 0 Å². The lowest BCUT2D eigenvalue weighted by Crippen LogP contribution is -2.11. The van der Waals surface area contributed by atoms with E-state index in [0.717, 1.165) is 5.56 Å². The standard InChI is InChI=1S/C21H18N6O3/c1-15-22-13-20(27(29)30)26(15)12-11-25-14-19(23-24-25)16-7-9-18(10-8-16)21(28)17-5-3-2-4-6-17/h2-10,13-14H,11-12H2,1H3. The molecule has 4 rings (SSSR count). The van der Waals surface area contributed by atoms with Crippen LogP contribution >= 0.6 is 0 Å². The van der Waals surface area contributed by atoms with Gasteiger partial charge in [-0.1, -0.05) is 59.8 Å². The molecule has 150 valence electrons. The molecule has 0 spiro atoms. The lowest BCUT2D eigenvalue weighted by atomic mass is 10.0. The van der Waals surface area contributed by atoms with Gasteiger partial charge < -0.3 is 10.1 Å². The lowest BCUT2D eigenvalue weighted by Gasteiger charge is -2.03. The first kappa shape index (κ1) is 19.2. The molecule has 2 aromatic carbocycles. The van der Waals surface area contributed by atoms with Crippen molar-refractivity contribution < 1.29 is 9.72 Å². The Kier molecular flexibility index (Phi) is 5.17. The molecule has 0 aliphatic rings. The summed E-state index contributed by atoms with van der Waals surface area (Å²) in [5.74, 6) is 0.482. The Morgan fingerprint density at radius 2 is 1.73 bits per heavy atom. The summed E-state index contributed by atoms with van der Waals surface area (Å²) in [5, 5.41) is 19.4. The van der Waals surface area contributed by atoms with Crippen LogP contribution in [0.4, 0.5) is 5.82 Å². The number of nitrogens with zero attached hydrogens (tertiary/aromatic N) is 6. The smallest absolute Gasteiger partial charge is 0.342 e. The highest BCUT2D eigenvalue weighted by Crippen LogP contribution is 2.19. The second-order valence-electron chi connectivity index (χ2n) is 6.71. The molecule has 30 heavy (non-hydrogen) atoms. The van der Waals surface area contributed by atoms with Crippen LogP contribution in [0, 0.1) is 17.0 Å². The molecule has 4 aromatic rings. The molecule has 0 saturated carbocycles. The number of carbonyl (C=O) groups is 1. The second-order valence-corrected chi connectivity index (χ2v) is 6.71. The number of carbonyl (C=O) groups excluding carboxylic acids is 1. The number of aryl methyl sites for hydroxylation is 2. The molecule has 2 aromatic heterocycles. The molecule has 0 N–H and O–H groups in total. The van der Waals surface area contributed by atoms with Crippen LogP contribution in [0.3, 0.4) is 0 Å². The number of hydrogen-bond donors (Lipinski definition) is 0. The third-order valence-corrected chi connectivity index (χ3v) is 4.79. The van der Waals surface area contributed by atoms with Gasteiger partial charge >= 0.3 is 5.82 Å². The summed E-state index contributed by atoms with van der Waals surface area (Å²) in [6, 6.07) is 16.3. The van der Waals surface area contributed by atoms with Crippen molar-refractivity contribution in [1.82, 2.24) is 24.5 Å². The molecule has 0 atom stereocenters. The maximum atomic E-state index is 12.5. The zero-order valence-electron chi connectivity index (χ0n) is 16.2. The van der Waals surface area contributed by atoms with E-state index in [0.29, 0.717) is 35.7 Å². The van der Waals surface area contributed by atoms with Crippen LogP contribution in [-0.4, -0.2) is 35.3 Å². The van der Waals surface area contributed by atoms with Crippen molar-refractivity contribution in [2.24, 2.45) is 0 Å². The number of ketones is 1. The molecular formula is C21H18N6O3. The first-order chi connectivity index (χ1) is 14.5. The van der Waals surface area contributed by atoms with Crippen LogP contribution in [0.1, 0.15) is 21.7 Å². The van der Waals surface area contributed by atoms with E-state index in [1.54, 1.807) is 42.1 Å². The average molecular weight is 402 g/mol. The summed E-state index contributed by atoms with van der Waals surface area (Å²) in [4.78, 5) is 27.1. The fourth-order valence-electron chi connectivity index (χ4n) is 3.17. The molecule has 0 aliphatic heterocycles. The fourth-order valence-corrected chi connectivity index (χ4v) is 3.17. The molecule has 0 amide bonds. The largest absolute Gasteiger partial charge is 0.358 e. The number of nitro groups is 1. The van der Waals surface area contributed by atoms with E-state index < -0.39 is 4.92 Å². The Bertz CT molecular complexity index is 1200. The van der Waals surface area contributed by atoms with Gasteiger partial charge in [0.2, 0.25) is 0 Å². The molecule has 0 saturated heterocycles. The summed E-state index contributed by atoms with van der Waals surface area (Å²) < 4.78 is 3.16. The van der Waals surface area contributed by atoms with Crippen LogP contribution in [-0.2, 0) is 13.1 Å². The molecule has 9 nitrogen and oxygen atoms in total. The highest BCUT2D eigenvalue weighted by molar-refractivity contribution is 6.09. The minimum absolute atomic E-state index is 0.0388. The Hall–Kier alpha value is -4.14. The third kappa shape index (κ3) is 3.86. The quantitative estimate of drug-likeness (QED) is 0.267. The van der Waals surface area contributed by atoms with E-state index in [9.17, 15) is 14.9 Å². The zero-order chi connectivity index (χ0) is 21.1. The minimum atomic E-state index is -0.453. The summed E-state index contributed by atoms with van der Waals surface area (Å²) in [5.41, 5.74) is 2.72. The van der Waals surface area contributed by atoms with Gasteiger partial charge in [0.25, 0.3) is 0 Å². The predicted molar refractivity (Wildman–Crippen MR) is 109 cm³/mol. The zero-order valence-corrected chi connectivity index (χ0v) is 16.2. The van der Waals surface area contributed by atoms with Gasteiger partial charge in [0, 0.05) is 23.6 Å². The number of rotatable bonds is 7. The molecule has 0 fully saturated rings. The van der Waals surface area contributed by atoms with E-state index in [1.807, 2.05) is 30.3 Å². The summed E-state index contributed by atoms with van der Waals surface area (Å²) in [7, 11) is 0. The van der Waals surface area contributed by atoms with Crippen LogP contribution in [0.2, 0.25) is 0 Å². The van der Waals surface area contributed by atoms with E-state index in [2.05, 4.69) is 15.3 Å². The summed E-state index contributed by atoms with van der Waals surface area (Å²) in [6.07, 6.45) is 3.02. The fraction of sp³-hybridized carbons (Fsp3) is 0.143. The van der Waals surface area contributed by atoms with Crippen molar-refractivity contribution in [3.8, 4) is 11.3 Å². The van der Waals surface area contributed by atoms with E-state index >= 15 is 0 Å². The molecule has 0 unspecified atom stereocenters. The number of imidazole rings is 1. The predicted octanol–water partition coefficient (Wildman–Crippen LogP) is 3.29. The highest BCUT2D eigenvalue weighted by atomic mass is 16.6. The van der Waals surface area contributed by atoms with Gasteiger partial charge in [-0.2, -0.15) is 0 Å². The van der Waals surface area contributed by atoms with Crippen LogP contribution in [0.25, 0.3) is 11.3 Å². The topological polar surface area (TPSA) is 109 Å². The third-order valence-electron chi connectivity index (χ3n) is 4.79. The maximum absolute atomic E-state index is 12.5. The molecule has 9 heteroatoms. The van der Waals surface area contributed by atoms with Gasteiger partial charge in [0.1, 0.15) is 18.4 Å². The monoisotopic (exact) mass is 402 g/mol. The first-order valence-corrected chi connectivity index (χ1v) is 9.30. The first-order valence-electron chi connectivity index (χ1n) is 9.30. The van der Waals surface area contributed by atoms with Crippen molar-refractivity contribution in [3.05, 3.63) is 94.1 Å². The van der Waals surface area contributed by atoms with Gasteiger partial charge in [-0.25, -0.2) is 14.2 Å². The van der Waals surface area contributed by atoms with Crippen molar-refractivity contribution in [1.29, 1.82) is 0 Å². The second kappa shape index (κ2) is 8.08. The normalized spacial score (nSPS) is 10.8. The average Bonchev–Trinajstić information content (AvgIpc) is 3.39. The van der Waals surface area contributed by atoms with Gasteiger partial charge in [0.15, 0.2) is 11.6 Å². The molecular weight excluding hydrogens is 384 g/mol. The van der Waals surface area contributed by atoms with Crippen LogP contribution < -0.4 is 0 Å². The van der Waals surface area contributed by atoms with Crippen molar-refractivity contribution in [2.75, 3.05) is 0 Å². The lowest BCUT2D eigenvalue weighted by molar-refractivity contribution is -0.392. The van der Waals surface area contributed by atoms with Gasteiger partial charge in [-0.05, 0) is 4.92 Å². The van der Waals surface area contributed by atoms with E-state index in [1.165, 1.54) is 10.8 Å². The van der Waals surface area contributed by atoms with Crippen LogP contribution in [0.15, 0.2) is 67.0 Å². The molecule has 2 heterocycles. The Morgan fingerprint density at radius 1 is 1.03 bits per heavy atom. The van der Waals surface area contributed by atoms with Crippen molar-refractivity contribution in [2.45, 2.75) is 20.0 Å². The molecule has 0 radical (unpaired) electrons. The maximum Gasteiger partial charge on any atom is 0.342 e. The van der Waals surface area contributed by atoms with E-state index in [4.69, 9.17) is 0 Å². The number of benzene rings is 2. The number of hydrogen-bond acceptors (Lipinski definition) is 6. The van der Waals surface area contributed by atoms with Gasteiger partial charge in [-0.15, -0.1) is 5.10 Å². The molecule has 0 aliphatic carbocycles. The summed E-state index contributed by atoms with van der Waals surface area (Å²) >= 11 is 0. The SMILES string of the molecule is Cc1ncc([N+](=O)[O-])n1CCn1cc(-c2ccc(C(=O)c3ccccc3)cc2)nn1. The van der Waals surface area contributed by atoms with E-state index in [-0.39, 0.29) is 11.6 Å². The highest BCUT2D eigenvalue weighted by Gasteiger charge is 2.17. The van der Waals surface area contributed by atoms with Crippen molar-refractivity contribution in [3.63, 3.8) is 0 Å². The van der Waals surface area contributed by atoms with Crippen molar-refractivity contribution >= 4 is 11.6 Å². The minimum Gasteiger partial charge on any atom is -0.358 e. The Balaban J connectivity index is 1.46. The summed E-state index contributed by atoms with van der Waals surface area (Å²) in [6.45, 7) is 2.49. The molecule has 0 bridgehead atoms. The van der Waals surface area contributed by atoms with Gasteiger partial charge in [0.05, 0.1) is 12.7 Å². The Morgan fingerprint density at radius 3 is 2.43 bits per heavy atom. The van der Waals surface area contributed by atoms with Gasteiger partial charge in [-0.3, -0.25) is 4.79 Å².